The summed E-state index contributed by atoms with van der Waals surface area (Å²) in [6.45, 7) is 0. The summed E-state index contributed by atoms with van der Waals surface area (Å²) >= 11 is 1.66. The largest absolute Gasteiger partial charge is 0.459 e. The maximum Gasteiger partial charge on any atom is 0.287 e. The Morgan fingerprint density at radius 1 is 1.43 bits per heavy atom. The SMILES string of the molecule is CSCCC(NC(=O)c1ccco1)C(=O)NC1CCCC1. The summed E-state index contributed by atoms with van der Waals surface area (Å²) in [6.07, 6.45) is 8.45. The van der Waals surface area contributed by atoms with Gasteiger partial charge in [0.25, 0.3) is 5.91 Å². The van der Waals surface area contributed by atoms with Gasteiger partial charge >= 0.3 is 0 Å². The number of carbonyl (C=O) groups is 2. The van der Waals surface area contributed by atoms with Crippen molar-refractivity contribution < 1.29 is 14.0 Å². The summed E-state index contributed by atoms with van der Waals surface area (Å²) in [5, 5.41) is 5.81. The molecule has 0 saturated heterocycles. The number of amides is 2. The molecule has 2 rings (SSSR count). The van der Waals surface area contributed by atoms with Gasteiger partial charge in [-0.2, -0.15) is 11.8 Å². The molecule has 1 aromatic rings. The zero-order chi connectivity index (χ0) is 15.1. The van der Waals surface area contributed by atoms with E-state index >= 15 is 0 Å². The van der Waals surface area contributed by atoms with Crippen molar-refractivity contribution in [3.8, 4) is 0 Å². The molecule has 0 aromatic carbocycles. The first-order chi connectivity index (χ1) is 10.2. The summed E-state index contributed by atoms with van der Waals surface area (Å²) in [5.74, 6) is 0.627. The van der Waals surface area contributed by atoms with Gasteiger partial charge in [0, 0.05) is 6.04 Å². The Bertz CT molecular complexity index is 455. The minimum Gasteiger partial charge on any atom is -0.459 e. The van der Waals surface area contributed by atoms with Crippen LogP contribution in [0.1, 0.15) is 42.7 Å². The van der Waals surface area contributed by atoms with E-state index in [1.54, 1.807) is 23.9 Å². The molecule has 1 unspecified atom stereocenters. The molecule has 1 heterocycles. The molecular weight excluding hydrogens is 288 g/mol. The molecule has 116 valence electrons. The molecule has 1 atom stereocenters. The predicted molar refractivity (Wildman–Crippen MR) is 83.4 cm³/mol. The zero-order valence-corrected chi connectivity index (χ0v) is 13.1. The highest BCUT2D eigenvalue weighted by Gasteiger charge is 2.25. The molecule has 0 bridgehead atoms. The summed E-state index contributed by atoms with van der Waals surface area (Å²) in [4.78, 5) is 24.4. The fourth-order valence-corrected chi connectivity index (χ4v) is 2.98. The lowest BCUT2D eigenvalue weighted by atomic mass is 10.1. The number of carbonyl (C=O) groups excluding carboxylic acids is 2. The van der Waals surface area contributed by atoms with Gasteiger partial charge in [-0.25, -0.2) is 0 Å². The van der Waals surface area contributed by atoms with Gasteiger partial charge in [-0.3, -0.25) is 9.59 Å². The predicted octanol–water partition coefficient (Wildman–Crippen LogP) is 2.19. The van der Waals surface area contributed by atoms with Crippen LogP contribution in [0, 0.1) is 0 Å². The lowest BCUT2D eigenvalue weighted by Gasteiger charge is -2.20. The molecule has 1 aromatic heterocycles. The fraction of sp³-hybridized carbons (Fsp3) is 0.600. The van der Waals surface area contributed by atoms with E-state index in [4.69, 9.17) is 4.42 Å². The fourth-order valence-electron chi connectivity index (χ4n) is 2.51. The van der Waals surface area contributed by atoms with Gasteiger partial charge in [-0.1, -0.05) is 12.8 Å². The highest BCUT2D eigenvalue weighted by molar-refractivity contribution is 7.98. The Morgan fingerprint density at radius 2 is 2.19 bits per heavy atom. The summed E-state index contributed by atoms with van der Waals surface area (Å²) in [7, 11) is 0. The highest BCUT2D eigenvalue weighted by Crippen LogP contribution is 2.18. The van der Waals surface area contributed by atoms with E-state index in [0.717, 1.165) is 18.6 Å². The maximum absolute atomic E-state index is 12.3. The van der Waals surface area contributed by atoms with Crippen molar-refractivity contribution >= 4 is 23.6 Å². The van der Waals surface area contributed by atoms with Crippen LogP contribution < -0.4 is 10.6 Å². The van der Waals surface area contributed by atoms with Crippen LogP contribution in [0.3, 0.4) is 0 Å². The summed E-state index contributed by atoms with van der Waals surface area (Å²) in [5.41, 5.74) is 0. The van der Waals surface area contributed by atoms with Crippen LogP contribution in [0.15, 0.2) is 22.8 Å². The number of hydrogen-bond donors (Lipinski definition) is 2. The average Bonchev–Trinajstić information content (AvgIpc) is 3.15. The van der Waals surface area contributed by atoms with Crippen LogP contribution in [0.25, 0.3) is 0 Å². The molecule has 0 radical (unpaired) electrons. The third-order valence-electron chi connectivity index (χ3n) is 3.68. The van der Waals surface area contributed by atoms with Crippen LogP contribution in [0.2, 0.25) is 0 Å². The first-order valence-electron chi connectivity index (χ1n) is 7.34. The molecular formula is C15H22N2O3S. The summed E-state index contributed by atoms with van der Waals surface area (Å²) in [6, 6.07) is 3.01. The molecule has 5 nitrogen and oxygen atoms in total. The Labute approximate surface area is 129 Å². The van der Waals surface area contributed by atoms with E-state index in [1.165, 1.54) is 19.1 Å². The van der Waals surface area contributed by atoms with Crippen LogP contribution in [-0.2, 0) is 4.79 Å². The molecule has 6 heteroatoms. The molecule has 0 spiro atoms. The quantitative estimate of drug-likeness (QED) is 0.810. The summed E-state index contributed by atoms with van der Waals surface area (Å²) < 4.78 is 5.06. The minimum absolute atomic E-state index is 0.0872. The third-order valence-corrected chi connectivity index (χ3v) is 4.32. The molecule has 21 heavy (non-hydrogen) atoms. The van der Waals surface area contributed by atoms with Crippen molar-refractivity contribution in [3.63, 3.8) is 0 Å². The van der Waals surface area contributed by atoms with Crippen molar-refractivity contribution in [2.24, 2.45) is 0 Å². The minimum atomic E-state index is -0.504. The number of thioether (sulfide) groups is 1. The van der Waals surface area contributed by atoms with Crippen molar-refractivity contribution in [2.75, 3.05) is 12.0 Å². The zero-order valence-electron chi connectivity index (χ0n) is 12.3. The van der Waals surface area contributed by atoms with Crippen LogP contribution in [0.4, 0.5) is 0 Å². The van der Waals surface area contributed by atoms with E-state index in [2.05, 4.69) is 10.6 Å². The van der Waals surface area contributed by atoms with Gasteiger partial charge in [0.1, 0.15) is 6.04 Å². The standard InChI is InChI=1S/C15H22N2O3S/c1-21-10-8-12(14(18)16-11-5-2-3-6-11)17-15(19)13-7-4-9-20-13/h4,7,9,11-12H,2-3,5-6,8,10H2,1H3,(H,16,18)(H,17,19). The van der Waals surface area contributed by atoms with E-state index in [9.17, 15) is 9.59 Å². The molecule has 1 aliphatic carbocycles. The van der Waals surface area contributed by atoms with Crippen LogP contribution in [-0.4, -0.2) is 35.9 Å². The third kappa shape index (κ3) is 4.81. The van der Waals surface area contributed by atoms with Gasteiger partial charge in [0.2, 0.25) is 5.91 Å². The van der Waals surface area contributed by atoms with Crippen molar-refractivity contribution in [1.82, 2.24) is 10.6 Å². The second kappa shape index (κ2) is 8.12. The normalized spacial score (nSPS) is 16.6. The lowest BCUT2D eigenvalue weighted by molar-refractivity contribution is -0.123. The van der Waals surface area contributed by atoms with Gasteiger partial charge in [0.05, 0.1) is 6.26 Å². The first-order valence-corrected chi connectivity index (χ1v) is 8.73. The van der Waals surface area contributed by atoms with E-state index in [-0.39, 0.29) is 23.6 Å². The average molecular weight is 310 g/mol. The lowest BCUT2D eigenvalue weighted by Crippen LogP contribution is -2.49. The molecule has 1 saturated carbocycles. The monoisotopic (exact) mass is 310 g/mol. The molecule has 2 N–H and O–H groups in total. The first kappa shape index (κ1) is 15.9. The number of nitrogens with one attached hydrogen (secondary N) is 2. The Kier molecular flexibility index (Phi) is 6.17. The Morgan fingerprint density at radius 3 is 2.81 bits per heavy atom. The van der Waals surface area contributed by atoms with E-state index < -0.39 is 6.04 Å². The molecule has 0 aliphatic heterocycles. The van der Waals surface area contributed by atoms with Crippen molar-refractivity contribution in [1.29, 1.82) is 0 Å². The number of furan rings is 1. The van der Waals surface area contributed by atoms with Crippen molar-refractivity contribution in [3.05, 3.63) is 24.2 Å². The maximum atomic E-state index is 12.3. The van der Waals surface area contributed by atoms with Gasteiger partial charge < -0.3 is 15.1 Å². The topological polar surface area (TPSA) is 71.3 Å². The Balaban J connectivity index is 1.92. The van der Waals surface area contributed by atoms with E-state index in [0.29, 0.717) is 6.42 Å². The van der Waals surface area contributed by atoms with Crippen molar-refractivity contribution in [2.45, 2.75) is 44.2 Å². The highest BCUT2D eigenvalue weighted by atomic mass is 32.2. The smallest absolute Gasteiger partial charge is 0.287 e. The van der Waals surface area contributed by atoms with Crippen LogP contribution >= 0.6 is 11.8 Å². The van der Waals surface area contributed by atoms with Gasteiger partial charge in [0.15, 0.2) is 5.76 Å². The molecule has 2 amide bonds. The van der Waals surface area contributed by atoms with E-state index in [1.807, 2.05) is 6.26 Å². The number of rotatable bonds is 7. The molecule has 1 fully saturated rings. The van der Waals surface area contributed by atoms with Crippen LogP contribution in [0.5, 0.6) is 0 Å². The van der Waals surface area contributed by atoms with Gasteiger partial charge in [-0.05, 0) is 43.4 Å². The second-order valence-corrected chi connectivity index (χ2v) is 6.26. The second-order valence-electron chi connectivity index (χ2n) is 5.27. The Hall–Kier alpha value is -1.43. The molecule has 1 aliphatic rings. The number of hydrogen-bond acceptors (Lipinski definition) is 4. The van der Waals surface area contributed by atoms with Gasteiger partial charge in [-0.15, -0.1) is 0 Å².